The van der Waals surface area contributed by atoms with Crippen LogP contribution in [0, 0.1) is 0 Å². The molecule has 2 aliphatic rings. The molecule has 0 radical (unpaired) electrons. The lowest BCUT2D eigenvalue weighted by atomic mass is 10.0. The van der Waals surface area contributed by atoms with Crippen molar-refractivity contribution in [3.8, 4) is 11.6 Å². The fourth-order valence-corrected chi connectivity index (χ4v) is 12.3. The number of rotatable bonds is 26. The van der Waals surface area contributed by atoms with E-state index in [0.29, 0.717) is 58.7 Å². The average Bonchev–Trinajstić information content (AvgIpc) is 3.07. The van der Waals surface area contributed by atoms with Gasteiger partial charge in [0.2, 0.25) is 5.88 Å². The summed E-state index contributed by atoms with van der Waals surface area (Å²) in [5, 5.41) is 0. The van der Waals surface area contributed by atoms with E-state index >= 15 is 0 Å². The standard InChI is InChI=1S/C35H65NO8Si2/c1-7-13-21-39-45(40-22-14-8-2,41-23-15-9-3)31-19-27-37-34-30(31)29-36-35-33(34)32(20-28-38-35)46(42-24-16-10-4,43-25-17-11-5)44-26-18-12-6/h29,31-32H,7-28H2,1-6H3. The summed E-state index contributed by atoms with van der Waals surface area (Å²) in [6.45, 7) is 17.9. The van der Waals surface area contributed by atoms with Crippen molar-refractivity contribution in [1.29, 1.82) is 0 Å². The number of pyridine rings is 1. The lowest BCUT2D eigenvalue weighted by Gasteiger charge is -2.42. The van der Waals surface area contributed by atoms with E-state index in [1.54, 1.807) is 0 Å². The van der Waals surface area contributed by atoms with Crippen molar-refractivity contribution in [3.05, 3.63) is 17.3 Å². The molecule has 9 nitrogen and oxygen atoms in total. The molecule has 0 aromatic carbocycles. The van der Waals surface area contributed by atoms with Gasteiger partial charge in [0, 0.05) is 51.4 Å². The molecular weight excluding hydrogens is 619 g/mol. The number of aromatic nitrogens is 1. The molecule has 11 heteroatoms. The zero-order valence-corrected chi connectivity index (χ0v) is 32.0. The number of nitrogens with zero attached hydrogens (tertiary/aromatic N) is 1. The Hall–Kier alpha value is -1.06. The summed E-state index contributed by atoms with van der Waals surface area (Å²) in [4.78, 5) is 4.95. The first-order valence-corrected chi connectivity index (χ1v) is 22.3. The average molecular weight is 684 g/mol. The Morgan fingerprint density at radius 1 is 0.565 bits per heavy atom. The topological polar surface area (TPSA) is 86.7 Å². The van der Waals surface area contributed by atoms with E-state index in [1.807, 2.05) is 6.20 Å². The highest BCUT2D eigenvalue weighted by atomic mass is 28.4. The molecule has 0 fully saturated rings. The van der Waals surface area contributed by atoms with Crippen LogP contribution < -0.4 is 9.47 Å². The van der Waals surface area contributed by atoms with E-state index in [2.05, 4.69) is 41.5 Å². The molecule has 0 saturated carbocycles. The second kappa shape index (κ2) is 21.8. The number of unbranched alkanes of at least 4 members (excludes halogenated alkanes) is 6. The van der Waals surface area contributed by atoms with Gasteiger partial charge in [-0.05, 0) is 51.4 Å². The summed E-state index contributed by atoms with van der Waals surface area (Å²) in [6.07, 6.45) is 15.4. The SMILES string of the molecule is CCCCO[Si](OCCCC)(OCCCC)C1CCOc2c1cnc1c2C([Si](OCCCC)(OCCCC)OCCCC)CCO1. The number of ether oxygens (including phenoxy) is 2. The van der Waals surface area contributed by atoms with Crippen LogP contribution in [0.3, 0.4) is 0 Å². The third-order valence-electron chi connectivity index (χ3n) is 8.74. The molecule has 2 atom stereocenters. The maximum atomic E-state index is 6.83. The van der Waals surface area contributed by atoms with Crippen LogP contribution in [-0.2, 0) is 26.6 Å². The second-order valence-corrected chi connectivity index (χ2v) is 18.1. The van der Waals surface area contributed by atoms with E-state index in [1.165, 1.54) is 0 Å². The first kappa shape index (κ1) is 39.4. The van der Waals surface area contributed by atoms with Crippen molar-refractivity contribution in [2.24, 2.45) is 0 Å². The van der Waals surface area contributed by atoms with Gasteiger partial charge in [0.1, 0.15) is 5.75 Å². The van der Waals surface area contributed by atoms with Crippen LogP contribution >= 0.6 is 0 Å². The molecule has 3 rings (SSSR count). The largest absolute Gasteiger partial charge is 0.509 e. The molecule has 266 valence electrons. The molecule has 0 N–H and O–H groups in total. The Kier molecular flexibility index (Phi) is 18.7. The van der Waals surface area contributed by atoms with Crippen LogP contribution in [0.2, 0.25) is 0 Å². The maximum absolute atomic E-state index is 6.83. The summed E-state index contributed by atoms with van der Waals surface area (Å²) < 4.78 is 53.8. The lowest BCUT2D eigenvalue weighted by Crippen LogP contribution is -2.55. The molecule has 46 heavy (non-hydrogen) atoms. The van der Waals surface area contributed by atoms with E-state index in [4.69, 9.17) is 41.0 Å². The lowest BCUT2D eigenvalue weighted by molar-refractivity contribution is 0.0400. The van der Waals surface area contributed by atoms with Crippen LogP contribution in [0.25, 0.3) is 0 Å². The van der Waals surface area contributed by atoms with Gasteiger partial charge in [-0.15, -0.1) is 0 Å². The molecule has 0 spiro atoms. The van der Waals surface area contributed by atoms with Gasteiger partial charge in [-0.2, -0.15) is 0 Å². The molecule has 0 bridgehead atoms. The molecule has 1 aromatic heterocycles. The quantitative estimate of drug-likeness (QED) is 0.0703. The predicted molar refractivity (Wildman–Crippen MR) is 187 cm³/mol. The van der Waals surface area contributed by atoms with Gasteiger partial charge in [-0.25, -0.2) is 4.98 Å². The van der Waals surface area contributed by atoms with Gasteiger partial charge in [-0.1, -0.05) is 80.1 Å². The monoisotopic (exact) mass is 683 g/mol. The third kappa shape index (κ3) is 10.7. The van der Waals surface area contributed by atoms with Gasteiger partial charge in [0.25, 0.3) is 0 Å². The van der Waals surface area contributed by atoms with Crippen LogP contribution in [0.15, 0.2) is 6.20 Å². The highest BCUT2D eigenvalue weighted by Gasteiger charge is 2.57. The minimum absolute atomic E-state index is 0.0821. The summed E-state index contributed by atoms with van der Waals surface area (Å²) in [7, 11) is -6.44. The Balaban J connectivity index is 2.14. The minimum atomic E-state index is -3.24. The van der Waals surface area contributed by atoms with E-state index in [-0.39, 0.29) is 11.1 Å². The highest BCUT2D eigenvalue weighted by molar-refractivity contribution is 6.63. The zero-order chi connectivity index (χ0) is 33.1. The molecule has 0 aliphatic carbocycles. The normalized spacial score (nSPS) is 18.1. The first-order chi connectivity index (χ1) is 22.6. The summed E-state index contributed by atoms with van der Waals surface area (Å²) in [6, 6.07) is 0. The summed E-state index contributed by atoms with van der Waals surface area (Å²) in [5.74, 6) is 1.41. The van der Waals surface area contributed by atoms with Gasteiger partial charge in [0.15, 0.2) is 0 Å². The van der Waals surface area contributed by atoms with Crippen LogP contribution in [0.1, 0.15) is 154 Å². The van der Waals surface area contributed by atoms with Gasteiger partial charge >= 0.3 is 17.6 Å². The fraction of sp³-hybridized carbons (Fsp3) is 0.857. The van der Waals surface area contributed by atoms with Crippen molar-refractivity contribution < 1.29 is 36.0 Å². The smallest absolute Gasteiger partial charge is 0.493 e. The maximum Gasteiger partial charge on any atom is 0.509 e. The van der Waals surface area contributed by atoms with Crippen LogP contribution in [0.4, 0.5) is 0 Å². The van der Waals surface area contributed by atoms with E-state index < -0.39 is 17.6 Å². The molecule has 0 amide bonds. The van der Waals surface area contributed by atoms with Crippen molar-refractivity contribution in [2.75, 3.05) is 52.9 Å². The number of hydrogen-bond acceptors (Lipinski definition) is 9. The van der Waals surface area contributed by atoms with Crippen molar-refractivity contribution >= 4 is 17.6 Å². The van der Waals surface area contributed by atoms with Gasteiger partial charge in [-0.3, -0.25) is 0 Å². The Bertz CT molecular complexity index is 918. The molecule has 0 saturated heterocycles. The summed E-state index contributed by atoms with van der Waals surface area (Å²) in [5.41, 5.74) is 1.71. The second-order valence-electron chi connectivity index (χ2n) is 12.6. The Morgan fingerprint density at radius 3 is 1.35 bits per heavy atom. The highest BCUT2D eigenvalue weighted by Crippen LogP contribution is 2.51. The molecule has 2 aliphatic heterocycles. The van der Waals surface area contributed by atoms with Crippen LogP contribution in [-0.4, -0.2) is 75.4 Å². The van der Waals surface area contributed by atoms with Gasteiger partial charge < -0.3 is 36.0 Å². The number of hydrogen-bond donors (Lipinski definition) is 0. The van der Waals surface area contributed by atoms with Crippen molar-refractivity contribution in [1.82, 2.24) is 4.98 Å². The first-order valence-electron chi connectivity index (χ1n) is 18.7. The fourth-order valence-electron chi connectivity index (χ4n) is 5.92. The third-order valence-corrected chi connectivity index (χ3v) is 15.3. The minimum Gasteiger partial charge on any atom is -0.493 e. The molecule has 1 aromatic rings. The van der Waals surface area contributed by atoms with E-state index in [0.717, 1.165) is 107 Å². The summed E-state index contributed by atoms with van der Waals surface area (Å²) >= 11 is 0. The Labute approximate surface area is 282 Å². The van der Waals surface area contributed by atoms with Crippen LogP contribution in [0.5, 0.6) is 11.6 Å². The van der Waals surface area contributed by atoms with Crippen molar-refractivity contribution in [3.63, 3.8) is 0 Å². The van der Waals surface area contributed by atoms with E-state index in [9.17, 15) is 0 Å². The van der Waals surface area contributed by atoms with Crippen molar-refractivity contribution in [2.45, 2.75) is 143 Å². The molecule has 3 heterocycles. The number of fused-ring (bicyclic) bond motifs is 3. The van der Waals surface area contributed by atoms with Gasteiger partial charge in [0.05, 0.1) is 29.9 Å². The molecule has 2 unspecified atom stereocenters. The molecular formula is C35H65NO8Si2. The Morgan fingerprint density at radius 2 is 0.935 bits per heavy atom. The zero-order valence-electron chi connectivity index (χ0n) is 30.0. The predicted octanol–water partition coefficient (Wildman–Crippen LogP) is 8.67.